The van der Waals surface area contributed by atoms with Gasteiger partial charge < -0.3 is 15.8 Å². The number of rotatable bonds is 3. The molecule has 0 aliphatic carbocycles. The van der Waals surface area contributed by atoms with E-state index >= 15 is 0 Å². The van der Waals surface area contributed by atoms with Gasteiger partial charge in [-0.3, -0.25) is 4.79 Å². The predicted octanol–water partition coefficient (Wildman–Crippen LogP) is 2.34. The van der Waals surface area contributed by atoms with Crippen LogP contribution >= 0.6 is 15.9 Å². The molecular formula is C13H16BrFN2O2. The Kier molecular flexibility index (Phi) is 4.54. The Hall–Kier alpha value is -0.980. The summed E-state index contributed by atoms with van der Waals surface area (Å²) >= 11 is 3.10. The molecule has 19 heavy (non-hydrogen) atoms. The molecule has 6 heteroatoms. The number of nitrogens with two attached hydrogens (primary N) is 1. The van der Waals surface area contributed by atoms with Crippen LogP contribution in [0.3, 0.4) is 0 Å². The Bertz CT molecular complexity index is 496. The minimum Gasteiger partial charge on any atom is -0.364 e. The van der Waals surface area contributed by atoms with Crippen molar-refractivity contribution in [2.45, 2.75) is 32.0 Å². The van der Waals surface area contributed by atoms with Crippen molar-refractivity contribution in [2.75, 3.05) is 11.9 Å². The number of benzene rings is 1. The number of carbonyl (C=O) groups excluding carboxylic acids is 1. The first-order valence-electron chi connectivity index (χ1n) is 6.13. The summed E-state index contributed by atoms with van der Waals surface area (Å²) in [5.74, 6) is -0.658. The van der Waals surface area contributed by atoms with E-state index in [4.69, 9.17) is 10.5 Å². The third-order valence-corrected chi connectivity index (χ3v) is 3.80. The molecule has 1 amide bonds. The van der Waals surface area contributed by atoms with E-state index in [1.807, 2.05) is 0 Å². The van der Waals surface area contributed by atoms with Crippen LogP contribution in [0.4, 0.5) is 10.1 Å². The summed E-state index contributed by atoms with van der Waals surface area (Å²) in [7, 11) is 0. The van der Waals surface area contributed by atoms with E-state index in [2.05, 4.69) is 21.2 Å². The molecule has 0 radical (unpaired) electrons. The van der Waals surface area contributed by atoms with E-state index in [0.717, 1.165) is 12.0 Å². The fourth-order valence-electron chi connectivity index (χ4n) is 2.07. The lowest BCUT2D eigenvalue weighted by molar-refractivity contribution is -0.126. The summed E-state index contributed by atoms with van der Waals surface area (Å²) in [4.78, 5) is 12.0. The first-order chi connectivity index (χ1) is 9.01. The largest absolute Gasteiger partial charge is 0.364 e. The molecular weight excluding hydrogens is 315 g/mol. The summed E-state index contributed by atoms with van der Waals surface area (Å²) in [6, 6.07) is 2.93. The van der Waals surface area contributed by atoms with Crippen LogP contribution in [0.2, 0.25) is 0 Å². The lowest BCUT2D eigenvalue weighted by Crippen LogP contribution is -2.30. The van der Waals surface area contributed by atoms with Gasteiger partial charge in [-0.25, -0.2) is 4.39 Å². The minimum atomic E-state index is -0.500. The third kappa shape index (κ3) is 3.32. The normalized spacial score (nSPS) is 22.5. The fraction of sp³-hybridized carbons (Fsp3) is 0.462. The van der Waals surface area contributed by atoms with E-state index in [1.54, 1.807) is 13.0 Å². The van der Waals surface area contributed by atoms with Crippen molar-refractivity contribution in [3.63, 3.8) is 0 Å². The summed E-state index contributed by atoms with van der Waals surface area (Å²) < 4.78 is 19.3. The number of aryl methyl sites for hydroxylation is 1. The lowest BCUT2D eigenvalue weighted by atomic mass is 10.1. The highest BCUT2D eigenvalue weighted by Crippen LogP contribution is 2.25. The maximum absolute atomic E-state index is 13.5. The minimum absolute atomic E-state index is 0.0569. The number of halogens is 2. The van der Waals surface area contributed by atoms with Crippen molar-refractivity contribution in [1.29, 1.82) is 0 Å². The molecule has 1 heterocycles. The van der Waals surface area contributed by atoms with Crippen molar-refractivity contribution in [2.24, 2.45) is 5.73 Å². The van der Waals surface area contributed by atoms with Crippen LogP contribution in [0.15, 0.2) is 16.6 Å². The average molecular weight is 331 g/mol. The number of hydrogen-bond acceptors (Lipinski definition) is 3. The predicted molar refractivity (Wildman–Crippen MR) is 74.4 cm³/mol. The molecule has 2 atom stereocenters. The summed E-state index contributed by atoms with van der Waals surface area (Å²) in [6.07, 6.45) is 0.867. The zero-order valence-corrected chi connectivity index (χ0v) is 12.2. The van der Waals surface area contributed by atoms with Gasteiger partial charge in [0.25, 0.3) is 5.91 Å². The summed E-state index contributed by atoms with van der Waals surface area (Å²) in [5.41, 5.74) is 6.75. The van der Waals surface area contributed by atoms with Crippen molar-refractivity contribution < 1.29 is 13.9 Å². The van der Waals surface area contributed by atoms with Crippen LogP contribution in [-0.2, 0) is 9.53 Å². The van der Waals surface area contributed by atoms with Gasteiger partial charge in [0.15, 0.2) is 0 Å². The second kappa shape index (κ2) is 5.98. The zero-order chi connectivity index (χ0) is 14.0. The molecule has 0 spiro atoms. The molecule has 0 saturated carbocycles. The van der Waals surface area contributed by atoms with E-state index in [-0.39, 0.29) is 12.0 Å². The Balaban J connectivity index is 2.05. The molecule has 4 nitrogen and oxygen atoms in total. The van der Waals surface area contributed by atoms with Crippen LogP contribution in [0, 0.1) is 12.7 Å². The Labute approximate surface area is 119 Å². The summed E-state index contributed by atoms with van der Waals surface area (Å²) in [5, 5.41) is 2.70. The van der Waals surface area contributed by atoms with Crippen LogP contribution in [0.5, 0.6) is 0 Å². The highest BCUT2D eigenvalue weighted by molar-refractivity contribution is 9.10. The molecule has 1 aromatic rings. The van der Waals surface area contributed by atoms with E-state index in [0.29, 0.717) is 23.1 Å². The van der Waals surface area contributed by atoms with Crippen LogP contribution in [0.25, 0.3) is 0 Å². The van der Waals surface area contributed by atoms with E-state index in [1.165, 1.54) is 6.07 Å². The van der Waals surface area contributed by atoms with Crippen molar-refractivity contribution >= 4 is 27.5 Å². The van der Waals surface area contributed by atoms with E-state index in [9.17, 15) is 9.18 Å². The van der Waals surface area contributed by atoms with Crippen molar-refractivity contribution in [3.05, 3.63) is 28.0 Å². The molecule has 2 unspecified atom stereocenters. The van der Waals surface area contributed by atoms with Gasteiger partial charge in [-0.05, 0) is 53.4 Å². The molecule has 1 aliphatic rings. The molecule has 0 aromatic heterocycles. The quantitative estimate of drug-likeness (QED) is 0.894. The number of anilines is 1. The topological polar surface area (TPSA) is 64.4 Å². The number of carbonyl (C=O) groups is 1. The van der Waals surface area contributed by atoms with Gasteiger partial charge in [0.2, 0.25) is 0 Å². The van der Waals surface area contributed by atoms with Gasteiger partial charge >= 0.3 is 0 Å². The maximum Gasteiger partial charge on any atom is 0.253 e. The maximum atomic E-state index is 13.5. The Morgan fingerprint density at radius 1 is 1.58 bits per heavy atom. The number of nitrogens with one attached hydrogen (secondary N) is 1. The van der Waals surface area contributed by atoms with Crippen molar-refractivity contribution in [3.8, 4) is 0 Å². The zero-order valence-electron chi connectivity index (χ0n) is 10.6. The fourth-order valence-corrected chi connectivity index (χ4v) is 2.52. The van der Waals surface area contributed by atoms with Crippen LogP contribution in [0.1, 0.15) is 18.4 Å². The number of ether oxygens (including phenoxy) is 1. The van der Waals surface area contributed by atoms with Crippen LogP contribution in [-0.4, -0.2) is 24.7 Å². The Morgan fingerprint density at radius 3 is 2.95 bits per heavy atom. The molecule has 0 bridgehead atoms. The SMILES string of the molecule is Cc1cc(Br)c(F)cc1NC(=O)C1CCC(CN)O1. The molecule has 2 rings (SSSR count). The van der Waals surface area contributed by atoms with E-state index < -0.39 is 11.9 Å². The van der Waals surface area contributed by atoms with Gasteiger partial charge in [0.1, 0.15) is 11.9 Å². The first-order valence-corrected chi connectivity index (χ1v) is 6.92. The van der Waals surface area contributed by atoms with Gasteiger partial charge in [0, 0.05) is 12.2 Å². The number of hydrogen-bond donors (Lipinski definition) is 2. The van der Waals surface area contributed by atoms with Gasteiger partial charge in [0.05, 0.1) is 10.6 Å². The standard InChI is InChI=1S/C13H16BrFN2O2/c1-7-4-9(14)10(15)5-11(7)17-13(18)12-3-2-8(6-16)19-12/h4-5,8,12H,2-3,6,16H2,1H3,(H,17,18). The second-order valence-electron chi connectivity index (χ2n) is 4.63. The Morgan fingerprint density at radius 2 is 2.32 bits per heavy atom. The van der Waals surface area contributed by atoms with Gasteiger partial charge in [-0.1, -0.05) is 0 Å². The van der Waals surface area contributed by atoms with Gasteiger partial charge in [-0.15, -0.1) is 0 Å². The molecule has 104 valence electrons. The smallest absolute Gasteiger partial charge is 0.253 e. The first kappa shape index (κ1) is 14.4. The highest BCUT2D eigenvalue weighted by atomic mass is 79.9. The lowest BCUT2D eigenvalue weighted by Gasteiger charge is -2.14. The molecule has 1 saturated heterocycles. The highest BCUT2D eigenvalue weighted by Gasteiger charge is 2.30. The average Bonchev–Trinajstić information content (AvgIpc) is 2.84. The monoisotopic (exact) mass is 330 g/mol. The van der Waals surface area contributed by atoms with Crippen LogP contribution < -0.4 is 11.1 Å². The summed E-state index contributed by atoms with van der Waals surface area (Å²) in [6.45, 7) is 2.22. The molecule has 1 aliphatic heterocycles. The van der Waals surface area contributed by atoms with Crippen molar-refractivity contribution in [1.82, 2.24) is 0 Å². The molecule has 1 aromatic carbocycles. The third-order valence-electron chi connectivity index (χ3n) is 3.19. The van der Waals surface area contributed by atoms with Gasteiger partial charge in [-0.2, -0.15) is 0 Å². The molecule has 1 fully saturated rings. The number of amides is 1. The molecule has 3 N–H and O–H groups in total. The second-order valence-corrected chi connectivity index (χ2v) is 5.48.